The van der Waals surface area contributed by atoms with E-state index in [4.69, 9.17) is 10.5 Å². The maximum Gasteiger partial charge on any atom is 0.251 e. The first kappa shape index (κ1) is 21.0. The molecule has 0 spiro atoms. The quantitative estimate of drug-likeness (QED) is 0.552. The third kappa shape index (κ3) is 5.19. The Hall–Kier alpha value is -2.77. The van der Waals surface area contributed by atoms with Gasteiger partial charge in [0.2, 0.25) is 0 Å². The van der Waals surface area contributed by atoms with Gasteiger partial charge < -0.3 is 20.7 Å². The van der Waals surface area contributed by atoms with Crippen molar-refractivity contribution < 1.29 is 18.7 Å². The molecule has 1 saturated heterocycles. The Labute approximate surface area is 169 Å². The predicted octanol–water partition coefficient (Wildman–Crippen LogP) is 2.61. The normalized spacial score (nSPS) is 14.0. The minimum atomic E-state index is -0.507. The zero-order valence-electron chi connectivity index (χ0n) is 16.5. The molecule has 0 radical (unpaired) electrons. The Bertz CT molecular complexity index is 895. The number of morpholine rings is 1. The summed E-state index contributed by atoms with van der Waals surface area (Å²) in [4.78, 5) is 26.5. The molecule has 154 valence electrons. The molecule has 7 heteroatoms. The van der Waals surface area contributed by atoms with Gasteiger partial charge in [0.1, 0.15) is 5.82 Å². The maximum atomic E-state index is 14.4. The number of benzene rings is 2. The molecule has 0 bridgehead atoms. The SMILES string of the molecule is CC(=O)c1ccc(N2CCOCC2)c(-c2cc(F)cc(C(=O)NCCCN)c2)c1. The number of carbonyl (C=O) groups is 2. The molecule has 2 aromatic carbocycles. The van der Waals surface area contributed by atoms with Gasteiger partial charge in [0, 0.05) is 42.0 Å². The third-order valence-electron chi connectivity index (χ3n) is 4.89. The van der Waals surface area contributed by atoms with Crippen LogP contribution in [0, 0.1) is 5.82 Å². The fourth-order valence-electron chi connectivity index (χ4n) is 3.35. The number of Topliss-reactive ketones (excluding diaryl/α,β-unsaturated/α-hetero) is 1. The monoisotopic (exact) mass is 399 g/mol. The van der Waals surface area contributed by atoms with Gasteiger partial charge in [0.15, 0.2) is 5.78 Å². The van der Waals surface area contributed by atoms with E-state index in [1.54, 1.807) is 18.2 Å². The summed E-state index contributed by atoms with van der Waals surface area (Å²) < 4.78 is 19.8. The Balaban J connectivity index is 2.02. The van der Waals surface area contributed by atoms with Gasteiger partial charge in [-0.15, -0.1) is 0 Å². The lowest BCUT2D eigenvalue weighted by Gasteiger charge is -2.31. The highest BCUT2D eigenvalue weighted by Crippen LogP contribution is 2.34. The second-order valence-corrected chi connectivity index (χ2v) is 7.01. The summed E-state index contributed by atoms with van der Waals surface area (Å²) in [6.45, 7) is 5.00. The van der Waals surface area contributed by atoms with Crippen molar-refractivity contribution in [2.24, 2.45) is 5.73 Å². The van der Waals surface area contributed by atoms with Crippen molar-refractivity contribution in [1.29, 1.82) is 0 Å². The largest absolute Gasteiger partial charge is 0.378 e. The lowest BCUT2D eigenvalue weighted by Crippen LogP contribution is -2.36. The highest BCUT2D eigenvalue weighted by atomic mass is 19.1. The van der Waals surface area contributed by atoms with Gasteiger partial charge in [-0.05, 0) is 61.9 Å². The molecule has 0 atom stereocenters. The van der Waals surface area contributed by atoms with E-state index in [9.17, 15) is 14.0 Å². The molecule has 3 rings (SSSR count). The molecular formula is C22H26FN3O3. The zero-order valence-corrected chi connectivity index (χ0v) is 16.5. The van der Waals surface area contributed by atoms with Crippen LogP contribution in [0.5, 0.6) is 0 Å². The zero-order chi connectivity index (χ0) is 20.8. The van der Waals surface area contributed by atoms with Gasteiger partial charge in [-0.2, -0.15) is 0 Å². The second-order valence-electron chi connectivity index (χ2n) is 7.01. The van der Waals surface area contributed by atoms with Crippen molar-refractivity contribution in [1.82, 2.24) is 5.32 Å². The first-order valence-electron chi connectivity index (χ1n) is 9.76. The van der Waals surface area contributed by atoms with Crippen LogP contribution in [0.3, 0.4) is 0 Å². The Kier molecular flexibility index (Phi) is 6.95. The van der Waals surface area contributed by atoms with Crippen LogP contribution in [0.15, 0.2) is 36.4 Å². The number of nitrogens with two attached hydrogens (primary N) is 1. The van der Waals surface area contributed by atoms with Gasteiger partial charge in [0.25, 0.3) is 5.91 Å². The smallest absolute Gasteiger partial charge is 0.251 e. The van der Waals surface area contributed by atoms with Crippen LogP contribution < -0.4 is 16.0 Å². The average Bonchev–Trinajstić information content (AvgIpc) is 2.73. The number of ketones is 1. The van der Waals surface area contributed by atoms with Crippen LogP contribution in [0.25, 0.3) is 11.1 Å². The molecule has 0 aliphatic carbocycles. The van der Waals surface area contributed by atoms with Crippen molar-refractivity contribution >= 4 is 17.4 Å². The van der Waals surface area contributed by atoms with E-state index in [1.807, 2.05) is 6.07 Å². The Morgan fingerprint density at radius 3 is 2.59 bits per heavy atom. The molecule has 0 saturated carbocycles. The molecule has 1 fully saturated rings. The maximum absolute atomic E-state index is 14.4. The standard InChI is InChI=1S/C22H26FN3O3/c1-15(27)16-3-4-21(26-7-9-29-10-8-26)20(14-16)17-11-18(13-19(23)12-17)22(28)25-6-2-5-24/h3-4,11-14H,2,5-10,24H2,1H3,(H,25,28). The van der Waals surface area contributed by atoms with Crippen molar-refractivity contribution in [2.45, 2.75) is 13.3 Å². The molecule has 0 aromatic heterocycles. The molecule has 1 aliphatic rings. The summed E-state index contributed by atoms with van der Waals surface area (Å²) in [7, 11) is 0. The molecule has 29 heavy (non-hydrogen) atoms. The molecule has 6 nitrogen and oxygen atoms in total. The predicted molar refractivity (Wildman–Crippen MR) is 111 cm³/mol. The van der Waals surface area contributed by atoms with Gasteiger partial charge in [-0.25, -0.2) is 4.39 Å². The first-order chi connectivity index (χ1) is 14.0. The molecular weight excluding hydrogens is 373 g/mol. The fourth-order valence-corrected chi connectivity index (χ4v) is 3.35. The fraction of sp³-hybridized carbons (Fsp3) is 0.364. The van der Waals surface area contributed by atoms with Crippen molar-refractivity contribution in [3.05, 3.63) is 53.3 Å². The van der Waals surface area contributed by atoms with Crippen LogP contribution in [0.2, 0.25) is 0 Å². The molecule has 0 unspecified atom stereocenters. The first-order valence-corrected chi connectivity index (χ1v) is 9.76. The number of nitrogens with zero attached hydrogens (tertiary/aromatic N) is 1. The number of amides is 1. The van der Waals surface area contributed by atoms with Gasteiger partial charge in [0.05, 0.1) is 13.2 Å². The third-order valence-corrected chi connectivity index (χ3v) is 4.89. The van der Waals surface area contributed by atoms with Crippen LogP contribution >= 0.6 is 0 Å². The van der Waals surface area contributed by atoms with E-state index in [0.717, 1.165) is 11.3 Å². The number of hydrogen-bond acceptors (Lipinski definition) is 5. The molecule has 1 aliphatic heterocycles. The van der Waals surface area contributed by atoms with Crippen LogP contribution in [-0.4, -0.2) is 51.1 Å². The number of anilines is 1. The van der Waals surface area contributed by atoms with E-state index >= 15 is 0 Å². The number of hydrogen-bond donors (Lipinski definition) is 2. The van der Waals surface area contributed by atoms with Crippen LogP contribution in [0.4, 0.5) is 10.1 Å². The molecule has 1 amide bonds. The average molecular weight is 399 g/mol. The van der Waals surface area contributed by atoms with Gasteiger partial charge >= 0.3 is 0 Å². The summed E-state index contributed by atoms with van der Waals surface area (Å²) in [5.74, 6) is -0.932. The lowest BCUT2D eigenvalue weighted by atomic mass is 9.96. The Morgan fingerprint density at radius 1 is 1.14 bits per heavy atom. The second kappa shape index (κ2) is 9.62. The summed E-state index contributed by atoms with van der Waals surface area (Å²) in [6, 6.07) is 9.67. The number of ether oxygens (including phenoxy) is 1. The van der Waals surface area contributed by atoms with Crippen LogP contribution in [0.1, 0.15) is 34.1 Å². The van der Waals surface area contributed by atoms with Crippen molar-refractivity contribution in [3.8, 4) is 11.1 Å². The molecule has 3 N–H and O–H groups in total. The summed E-state index contributed by atoms with van der Waals surface area (Å²) >= 11 is 0. The summed E-state index contributed by atoms with van der Waals surface area (Å²) in [6.07, 6.45) is 0.649. The Morgan fingerprint density at radius 2 is 1.90 bits per heavy atom. The molecule has 2 aromatic rings. The lowest BCUT2D eigenvalue weighted by molar-refractivity contribution is 0.0952. The summed E-state index contributed by atoms with van der Waals surface area (Å²) in [5, 5.41) is 2.75. The summed E-state index contributed by atoms with van der Waals surface area (Å²) in [5.41, 5.74) is 8.38. The highest BCUT2D eigenvalue weighted by Gasteiger charge is 2.19. The number of carbonyl (C=O) groups excluding carboxylic acids is 2. The number of halogens is 1. The van der Waals surface area contributed by atoms with E-state index in [-0.39, 0.29) is 17.3 Å². The van der Waals surface area contributed by atoms with Crippen LogP contribution in [-0.2, 0) is 4.74 Å². The van der Waals surface area contributed by atoms with Gasteiger partial charge in [-0.1, -0.05) is 0 Å². The van der Waals surface area contributed by atoms with Crippen molar-refractivity contribution in [3.63, 3.8) is 0 Å². The van der Waals surface area contributed by atoms with E-state index in [2.05, 4.69) is 10.2 Å². The molecule has 1 heterocycles. The minimum Gasteiger partial charge on any atom is -0.378 e. The van der Waals surface area contributed by atoms with E-state index in [1.165, 1.54) is 19.1 Å². The van der Waals surface area contributed by atoms with E-state index < -0.39 is 5.82 Å². The number of rotatable bonds is 7. The van der Waals surface area contributed by atoms with Gasteiger partial charge in [-0.3, -0.25) is 9.59 Å². The minimum absolute atomic E-state index is 0.0732. The highest BCUT2D eigenvalue weighted by molar-refractivity contribution is 5.99. The topological polar surface area (TPSA) is 84.7 Å². The van der Waals surface area contributed by atoms with Crippen molar-refractivity contribution in [2.75, 3.05) is 44.3 Å². The van der Waals surface area contributed by atoms with E-state index in [0.29, 0.717) is 56.9 Å². The number of nitrogens with one attached hydrogen (secondary N) is 1.